The summed E-state index contributed by atoms with van der Waals surface area (Å²) in [5.74, 6) is 0. The van der Waals surface area contributed by atoms with Crippen LogP contribution in [0.5, 0.6) is 0 Å². The van der Waals surface area contributed by atoms with Crippen LogP contribution in [0.2, 0.25) is 0 Å². The van der Waals surface area contributed by atoms with E-state index in [1.807, 2.05) is 18.2 Å². The molecule has 2 aromatic carbocycles. The van der Waals surface area contributed by atoms with Crippen molar-refractivity contribution >= 4 is 23.7 Å². The molecule has 0 fully saturated rings. The van der Waals surface area contributed by atoms with Crippen LogP contribution in [0.25, 0.3) is 11.6 Å². The number of nitrogens with one attached hydrogen (secondary N) is 1. The Morgan fingerprint density at radius 1 is 1.00 bits per heavy atom. The number of hydrogen-bond donors (Lipinski definition) is 1. The number of hydrogen-bond acceptors (Lipinski definition) is 1. The van der Waals surface area contributed by atoms with Crippen LogP contribution < -0.4 is 5.32 Å². The number of benzene rings is 2. The SMILES string of the molecule is O=CNc1cccc(/C=C2\C3=C(CC=C3)CCc3ccccc32)c1. The third-order valence-corrected chi connectivity index (χ3v) is 4.75. The van der Waals surface area contributed by atoms with E-state index in [1.165, 1.54) is 27.8 Å². The standard InChI is InChI=1S/C22H19NO/c24-15-23-19-8-3-5-16(13-19)14-22-20-9-2-1-6-17(20)11-12-18-7-4-10-21(18)22/h1-6,8-10,13-15H,7,11-12H2,(H,23,24)/b22-14-. The fourth-order valence-corrected chi connectivity index (χ4v) is 3.60. The van der Waals surface area contributed by atoms with Crippen molar-refractivity contribution < 1.29 is 4.79 Å². The van der Waals surface area contributed by atoms with Crippen LogP contribution in [0.1, 0.15) is 29.5 Å². The first kappa shape index (κ1) is 14.7. The minimum atomic E-state index is 0.716. The third-order valence-electron chi connectivity index (χ3n) is 4.75. The van der Waals surface area contributed by atoms with E-state index < -0.39 is 0 Å². The van der Waals surface area contributed by atoms with Crippen molar-refractivity contribution in [1.82, 2.24) is 0 Å². The highest BCUT2D eigenvalue weighted by molar-refractivity contribution is 5.95. The Bertz CT molecular complexity index is 886. The van der Waals surface area contributed by atoms with Gasteiger partial charge in [-0.25, -0.2) is 0 Å². The molecule has 24 heavy (non-hydrogen) atoms. The molecule has 2 aromatic rings. The average Bonchev–Trinajstić information content (AvgIpc) is 3.02. The molecular formula is C22H19NO. The van der Waals surface area contributed by atoms with Gasteiger partial charge in [0, 0.05) is 5.69 Å². The van der Waals surface area contributed by atoms with Crippen molar-refractivity contribution in [2.24, 2.45) is 0 Å². The van der Waals surface area contributed by atoms with Gasteiger partial charge in [-0.05, 0) is 65.3 Å². The zero-order valence-electron chi connectivity index (χ0n) is 13.5. The summed E-state index contributed by atoms with van der Waals surface area (Å²) in [4.78, 5) is 10.7. The Labute approximate surface area is 142 Å². The van der Waals surface area contributed by atoms with E-state index in [0.717, 1.165) is 30.5 Å². The number of carbonyl (C=O) groups excluding carboxylic acids is 1. The van der Waals surface area contributed by atoms with E-state index in [2.05, 4.69) is 53.9 Å². The Morgan fingerprint density at radius 3 is 2.83 bits per heavy atom. The van der Waals surface area contributed by atoms with E-state index in [9.17, 15) is 4.79 Å². The molecule has 0 aliphatic heterocycles. The number of aryl methyl sites for hydroxylation is 1. The Hall–Kier alpha value is -2.87. The van der Waals surface area contributed by atoms with Gasteiger partial charge in [0.05, 0.1) is 0 Å². The van der Waals surface area contributed by atoms with Gasteiger partial charge >= 0.3 is 0 Å². The summed E-state index contributed by atoms with van der Waals surface area (Å²) in [6.07, 6.45) is 10.8. The molecule has 0 spiro atoms. The summed E-state index contributed by atoms with van der Waals surface area (Å²) in [5.41, 5.74) is 8.83. The molecule has 0 heterocycles. The average molecular weight is 313 g/mol. The van der Waals surface area contributed by atoms with Gasteiger partial charge < -0.3 is 5.32 Å². The molecule has 118 valence electrons. The Morgan fingerprint density at radius 2 is 1.92 bits per heavy atom. The lowest BCUT2D eigenvalue weighted by Gasteiger charge is -2.12. The van der Waals surface area contributed by atoms with Crippen molar-refractivity contribution in [2.75, 3.05) is 5.32 Å². The molecular weight excluding hydrogens is 294 g/mol. The predicted octanol–water partition coefficient (Wildman–Crippen LogP) is 5.00. The number of anilines is 1. The van der Waals surface area contributed by atoms with Crippen LogP contribution in [0.3, 0.4) is 0 Å². The van der Waals surface area contributed by atoms with Gasteiger partial charge in [0.2, 0.25) is 6.41 Å². The van der Waals surface area contributed by atoms with Crippen molar-refractivity contribution in [3.8, 4) is 0 Å². The second-order valence-electron chi connectivity index (χ2n) is 6.23. The number of allylic oxidation sites excluding steroid dienone is 5. The van der Waals surface area contributed by atoms with Gasteiger partial charge in [0.1, 0.15) is 0 Å². The zero-order valence-corrected chi connectivity index (χ0v) is 13.5. The van der Waals surface area contributed by atoms with Crippen LogP contribution in [0.4, 0.5) is 5.69 Å². The molecule has 0 aromatic heterocycles. The van der Waals surface area contributed by atoms with E-state index in [1.54, 1.807) is 0 Å². The van der Waals surface area contributed by atoms with Gasteiger partial charge in [0.15, 0.2) is 0 Å². The normalized spacial score (nSPS) is 17.4. The lowest BCUT2D eigenvalue weighted by Crippen LogP contribution is -1.94. The monoisotopic (exact) mass is 313 g/mol. The van der Waals surface area contributed by atoms with Gasteiger partial charge in [-0.3, -0.25) is 4.79 Å². The van der Waals surface area contributed by atoms with Crippen LogP contribution >= 0.6 is 0 Å². The minimum absolute atomic E-state index is 0.716. The van der Waals surface area contributed by atoms with Gasteiger partial charge in [-0.15, -0.1) is 0 Å². The summed E-state index contributed by atoms with van der Waals surface area (Å²) >= 11 is 0. The fraction of sp³-hybridized carbons (Fsp3) is 0.136. The summed E-state index contributed by atoms with van der Waals surface area (Å²) in [7, 11) is 0. The number of carbonyl (C=O) groups is 1. The first-order valence-electron chi connectivity index (χ1n) is 8.34. The van der Waals surface area contributed by atoms with Crippen LogP contribution in [0.15, 0.2) is 71.8 Å². The highest BCUT2D eigenvalue weighted by Gasteiger charge is 2.20. The van der Waals surface area contributed by atoms with Crippen LogP contribution in [0, 0.1) is 0 Å². The number of fused-ring (bicyclic) bond motifs is 1. The lowest BCUT2D eigenvalue weighted by atomic mass is 9.93. The predicted molar refractivity (Wildman–Crippen MR) is 99.5 cm³/mol. The first-order chi connectivity index (χ1) is 11.8. The maximum Gasteiger partial charge on any atom is 0.211 e. The quantitative estimate of drug-likeness (QED) is 0.794. The van der Waals surface area contributed by atoms with Crippen molar-refractivity contribution in [1.29, 1.82) is 0 Å². The Kier molecular flexibility index (Phi) is 3.87. The molecule has 0 saturated carbocycles. The highest BCUT2D eigenvalue weighted by Crippen LogP contribution is 2.40. The van der Waals surface area contributed by atoms with E-state index in [4.69, 9.17) is 0 Å². The summed E-state index contributed by atoms with van der Waals surface area (Å²) < 4.78 is 0. The molecule has 0 radical (unpaired) electrons. The minimum Gasteiger partial charge on any atom is -0.329 e. The topological polar surface area (TPSA) is 29.1 Å². The molecule has 1 N–H and O–H groups in total. The van der Waals surface area contributed by atoms with Gasteiger partial charge in [-0.2, -0.15) is 0 Å². The number of rotatable bonds is 3. The molecule has 0 atom stereocenters. The smallest absolute Gasteiger partial charge is 0.211 e. The summed E-state index contributed by atoms with van der Waals surface area (Å²) in [6.45, 7) is 0. The molecule has 2 aliphatic rings. The molecule has 0 saturated heterocycles. The van der Waals surface area contributed by atoms with Crippen molar-refractivity contribution in [3.05, 3.63) is 88.5 Å². The molecule has 0 bridgehead atoms. The summed E-state index contributed by atoms with van der Waals surface area (Å²) in [6, 6.07) is 16.6. The molecule has 4 rings (SSSR count). The maximum absolute atomic E-state index is 10.7. The second kappa shape index (κ2) is 6.32. The van der Waals surface area contributed by atoms with E-state index in [0.29, 0.717) is 6.41 Å². The molecule has 2 aliphatic carbocycles. The largest absolute Gasteiger partial charge is 0.329 e. The first-order valence-corrected chi connectivity index (χ1v) is 8.34. The molecule has 2 nitrogen and oxygen atoms in total. The fourth-order valence-electron chi connectivity index (χ4n) is 3.60. The van der Waals surface area contributed by atoms with Crippen LogP contribution in [-0.4, -0.2) is 6.41 Å². The molecule has 1 amide bonds. The number of amides is 1. The zero-order chi connectivity index (χ0) is 16.4. The van der Waals surface area contributed by atoms with Crippen molar-refractivity contribution in [2.45, 2.75) is 19.3 Å². The Balaban J connectivity index is 1.86. The van der Waals surface area contributed by atoms with Crippen LogP contribution in [-0.2, 0) is 11.2 Å². The third kappa shape index (κ3) is 2.71. The lowest BCUT2D eigenvalue weighted by molar-refractivity contribution is -0.105. The van der Waals surface area contributed by atoms with E-state index in [-0.39, 0.29) is 0 Å². The summed E-state index contributed by atoms with van der Waals surface area (Å²) in [5, 5.41) is 2.73. The molecule has 2 heteroatoms. The van der Waals surface area contributed by atoms with Gasteiger partial charge in [0.25, 0.3) is 0 Å². The van der Waals surface area contributed by atoms with Gasteiger partial charge in [-0.1, -0.05) is 54.1 Å². The van der Waals surface area contributed by atoms with E-state index >= 15 is 0 Å². The highest BCUT2D eigenvalue weighted by atomic mass is 16.1. The maximum atomic E-state index is 10.7. The second-order valence-corrected chi connectivity index (χ2v) is 6.23. The van der Waals surface area contributed by atoms with Crippen molar-refractivity contribution in [3.63, 3.8) is 0 Å². The molecule has 0 unspecified atom stereocenters.